The Hall–Kier alpha value is -3.13. The van der Waals surface area contributed by atoms with E-state index < -0.39 is 28.2 Å². The zero-order chi connectivity index (χ0) is 22.4. The summed E-state index contributed by atoms with van der Waals surface area (Å²) >= 11 is 0. The van der Waals surface area contributed by atoms with Gasteiger partial charge in [0.25, 0.3) is 0 Å². The van der Waals surface area contributed by atoms with Gasteiger partial charge in [0.15, 0.2) is 0 Å². The normalized spacial score (nSPS) is 11.6. The summed E-state index contributed by atoms with van der Waals surface area (Å²) < 4.78 is 64.6. The van der Waals surface area contributed by atoms with Gasteiger partial charge in [0.1, 0.15) is 11.6 Å². The Bertz CT molecular complexity index is 983. The molecule has 2 rings (SSSR count). The number of carbonyl (C=O) groups is 1. The number of carbonyl (C=O) groups excluding carboxylic acids is 1. The van der Waals surface area contributed by atoms with Gasteiger partial charge in [-0.05, 0) is 31.2 Å². The lowest BCUT2D eigenvalue weighted by Gasteiger charge is -2.11. The van der Waals surface area contributed by atoms with E-state index in [0.717, 1.165) is 18.4 Å². The van der Waals surface area contributed by atoms with Crippen LogP contribution in [0.1, 0.15) is 5.69 Å². The molecule has 30 heavy (non-hydrogen) atoms. The number of hydrogen-bond donors (Lipinski definition) is 4. The second kappa shape index (κ2) is 9.58. The van der Waals surface area contributed by atoms with Crippen LogP contribution in [-0.4, -0.2) is 50.1 Å². The summed E-state index contributed by atoms with van der Waals surface area (Å²) in [4.78, 5) is 20.2. The molecule has 0 saturated heterocycles. The van der Waals surface area contributed by atoms with E-state index in [4.69, 9.17) is 0 Å². The van der Waals surface area contributed by atoms with Crippen LogP contribution in [0.2, 0.25) is 0 Å². The molecule has 0 atom stereocenters. The van der Waals surface area contributed by atoms with Gasteiger partial charge in [0.2, 0.25) is 16.0 Å². The summed E-state index contributed by atoms with van der Waals surface area (Å²) in [6.07, 6.45) is -3.76. The third kappa shape index (κ3) is 8.91. The van der Waals surface area contributed by atoms with E-state index >= 15 is 0 Å². The van der Waals surface area contributed by atoms with Gasteiger partial charge < -0.3 is 15.4 Å². The zero-order valence-electron chi connectivity index (χ0n) is 15.9. The molecule has 4 N–H and O–H groups in total. The molecule has 164 valence electrons. The molecule has 0 saturated carbocycles. The van der Waals surface area contributed by atoms with Crippen molar-refractivity contribution < 1.29 is 31.1 Å². The maximum absolute atomic E-state index is 12.2. The quantitative estimate of drug-likeness (QED) is 0.455. The largest absolute Gasteiger partial charge is 0.573 e. The van der Waals surface area contributed by atoms with Gasteiger partial charge in [-0.1, -0.05) is 0 Å². The second-order valence-electron chi connectivity index (χ2n) is 5.96. The van der Waals surface area contributed by atoms with Crippen LogP contribution in [0, 0.1) is 6.92 Å². The minimum absolute atomic E-state index is 0.0249. The Morgan fingerprint density at radius 3 is 2.37 bits per heavy atom. The predicted molar refractivity (Wildman–Crippen MR) is 104 cm³/mol. The first kappa shape index (κ1) is 23.2. The number of aromatic nitrogens is 2. The van der Waals surface area contributed by atoms with Crippen molar-refractivity contribution in [2.24, 2.45) is 0 Å². The summed E-state index contributed by atoms with van der Waals surface area (Å²) in [5, 5.41) is 7.72. The van der Waals surface area contributed by atoms with Crippen LogP contribution in [0.5, 0.6) is 5.75 Å². The van der Waals surface area contributed by atoms with Crippen molar-refractivity contribution in [3.05, 3.63) is 36.0 Å². The number of anilines is 3. The van der Waals surface area contributed by atoms with Crippen LogP contribution in [0.3, 0.4) is 0 Å². The first-order valence-corrected chi connectivity index (χ1v) is 10.3. The molecule has 10 nitrogen and oxygen atoms in total. The van der Waals surface area contributed by atoms with Gasteiger partial charge >= 0.3 is 12.4 Å². The number of ether oxygens (including phenoxy) is 1. The average molecular weight is 448 g/mol. The molecular formula is C16H19F3N6O4S. The summed E-state index contributed by atoms with van der Waals surface area (Å²) in [6.45, 7) is 2.06. The van der Waals surface area contributed by atoms with E-state index in [1.54, 1.807) is 13.0 Å². The number of rotatable bonds is 8. The predicted octanol–water partition coefficient (Wildman–Crippen LogP) is 2.29. The minimum atomic E-state index is -4.80. The van der Waals surface area contributed by atoms with E-state index in [1.165, 1.54) is 12.1 Å². The number of alkyl halides is 3. The number of aryl methyl sites for hydroxylation is 1. The SMILES string of the molecule is Cc1cc(NCCNS(C)(=O)=O)nc(NC(=O)Nc2ccc(OC(F)(F)F)cc2)n1. The van der Waals surface area contributed by atoms with E-state index in [1.807, 2.05) is 0 Å². The Morgan fingerprint density at radius 2 is 1.77 bits per heavy atom. The third-order valence-electron chi connectivity index (χ3n) is 3.22. The zero-order valence-corrected chi connectivity index (χ0v) is 16.7. The van der Waals surface area contributed by atoms with Crippen molar-refractivity contribution in [2.75, 3.05) is 35.3 Å². The highest BCUT2D eigenvalue weighted by Gasteiger charge is 2.30. The Labute approximate surface area is 170 Å². The summed E-state index contributed by atoms with van der Waals surface area (Å²) in [5.41, 5.74) is 0.757. The molecule has 0 aliphatic rings. The smallest absolute Gasteiger partial charge is 0.406 e. The third-order valence-corrected chi connectivity index (χ3v) is 3.95. The first-order valence-electron chi connectivity index (χ1n) is 8.38. The topological polar surface area (TPSA) is 134 Å². The maximum Gasteiger partial charge on any atom is 0.573 e. The van der Waals surface area contributed by atoms with Crippen molar-refractivity contribution in [3.8, 4) is 5.75 Å². The summed E-state index contributed by atoms with van der Waals surface area (Å²) in [7, 11) is -3.30. The molecule has 0 spiro atoms. The molecule has 0 unspecified atom stereocenters. The van der Waals surface area contributed by atoms with Crippen LogP contribution < -0.4 is 25.4 Å². The Balaban J connectivity index is 1.92. The molecule has 1 aromatic heterocycles. The Morgan fingerprint density at radius 1 is 1.10 bits per heavy atom. The van der Waals surface area contributed by atoms with E-state index in [2.05, 4.69) is 35.4 Å². The van der Waals surface area contributed by atoms with Crippen molar-refractivity contribution in [2.45, 2.75) is 13.3 Å². The van der Waals surface area contributed by atoms with Crippen molar-refractivity contribution in [1.29, 1.82) is 0 Å². The van der Waals surface area contributed by atoms with Crippen LogP contribution in [0.4, 0.5) is 35.4 Å². The lowest BCUT2D eigenvalue weighted by atomic mass is 10.3. The Kier molecular flexibility index (Phi) is 7.39. The molecular weight excluding hydrogens is 429 g/mol. The maximum atomic E-state index is 12.2. The number of amides is 2. The van der Waals surface area contributed by atoms with E-state index in [-0.39, 0.29) is 24.7 Å². The number of hydrogen-bond acceptors (Lipinski definition) is 7. The molecule has 1 aromatic carbocycles. The molecule has 0 aliphatic heterocycles. The number of nitrogens with zero attached hydrogens (tertiary/aromatic N) is 2. The van der Waals surface area contributed by atoms with E-state index in [9.17, 15) is 26.4 Å². The fourth-order valence-corrected chi connectivity index (χ4v) is 2.62. The number of urea groups is 1. The summed E-state index contributed by atoms with van der Waals surface area (Å²) in [6, 6.07) is 5.47. The molecule has 0 radical (unpaired) electrons. The molecule has 14 heteroatoms. The number of sulfonamides is 1. The lowest BCUT2D eigenvalue weighted by molar-refractivity contribution is -0.274. The highest BCUT2D eigenvalue weighted by atomic mass is 32.2. The highest BCUT2D eigenvalue weighted by Crippen LogP contribution is 2.24. The molecule has 0 fully saturated rings. The van der Waals surface area contributed by atoms with Gasteiger partial charge in [0.05, 0.1) is 6.26 Å². The fourth-order valence-electron chi connectivity index (χ4n) is 2.15. The van der Waals surface area contributed by atoms with Gasteiger partial charge in [-0.3, -0.25) is 5.32 Å². The lowest BCUT2D eigenvalue weighted by Crippen LogP contribution is -2.28. The standard InChI is InChI=1S/C16H19F3N6O4S/c1-10-9-13(20-7-8-21-30(2,27)28)24-14(22-10)25-15(26)23-11-3-5-12(6-4-11)29-16(17,18)19/h3-6,9,21H,7-8H2,1-2H3,(H3,20,22,23,24,25,26). The highest BCUT2D eigenvalue weighted by molar-refractivity contribution is 7.88. The van der Waals surface area contributed by atoms with Crippen LogP contribution in [-0.2, 0) is 10.0 Å². The number of halogens is 3. The van der Waals surface area contributed by atoms with Gasteiger partial charge in [0, 0.05) is 30.5 Å². The van der Waals surface area contributed by atoms with Crippen LogP contribution in [0.25, 0.3) is 0 Å². The van der Waals surface area contributed by atoms with Crippen molar-refractivity contribution in [1.82, 2.24) is 14.7 Å². The molecule has 2 aromatic rings. The molecule has 0 aliphatic carbocycles. The minimum Gasteiger partial charge on any atom is -0.406 e. The van der Waals surface area contributed by atoms with Gasteiger partial charge in [-0.15, -0.1) is 13.2 Å². The van der Waals surface area contributed by atoms with Crippen LogP contribution in [0.15, 0.2) is 30.3 Å². The van der Waals surface area contributed by atoms with Crippen molar-refractivity contribution in [3.63, 3.8) is 0 Å². The van der Waals surface area contributed by atoms with Crippen molar-refractivity contribution >= 4 is 33.5 Å². The van der Waals surface area contributed by atoms with Gasteiger partial charge in [-0.2, -0.15) is 4.98 Å². The first-order chi connectivity index (χ1) is 13.9. The molecule has 2 amide bonds. The number of nitrogens with one attached hydrogen (secondary N) is 4. The fraction of sp³-hybridized carbons (Fsp3) is 0.312. The van der Waals surface area contributed by atoms with Gasteiger partial charge in [-0.25, -0.2) is 22.9 Å². The number of benzene rings is 1. The monoisotopic (exact) mass is 448 g/mol. The molecule has 0 bridgehead atoms. The van der Waals surface area contributed by atoms with Crippen LogP contribution >= 0.6 is 0 Å². The van der Waals surface area contributed by atoms with E-state index in [0.29, 0.717) is 11.5 Å². The second-order valence-corrected chi connectivity index (χ2v) is 7.80. The molecule has 1 heterocycles. The summed E-state index contributed by atoms with van der Waals surface area (Å²) in [5.74, 6) is -0.0820. The average Bonchev–Trinajstić information content (AvgIpc) is 2.58.